The summed E-state index contributed by atoms with van der Waals surface area (Å²) in [5, 5.41) is 9.12. The number of likely N-dealkylation sites (N-methyl/N-ethyl adjacent to an activating group) is 1. The van der Waals surface area contributed by atoms with E-state index in [4.69, 9.17) is 9.84 Å². The van der Waals surface area contributed by atoms with Gasteiger partial charge in [0.2, 0.25) is 5.91 Å². The predicted octanol–water partition coefficient (Wildman–Crippen LogP) is 0.672. The molecule has 1 aliphatic heterocycles. The van der Waals surface area contributed by atoms with E-state index in [-0.39, 0.29) is 18.0 Å². The van der Waals surface area contributed by atoms with Crippen molar-refractivity contribution in [3.63, 3.8) is 0 Å². The fourth-order valence-corrected chi connectivity index (χ4v) is 1.94. The lowest BCUT2D eigenvalue weighted by Crippen LogP contribution is -2.41. The SMILES string of the molecule is CN(C)C(=O)CN1CCOc2c(C(=O)O)cccc21. The highest BCUT2D eigenvalue weighted by Crippen LogP contribution is 2.34. The second-order valence-corrected chi connectivity index (χ2v) is 4.52. The Hall–Kier alpha value is -2.24. The van der Waals surface area contributed by atoms with Crippen LogP contribution in [0.4, 0.5) is 5.69 Å². The Morgan fingerprint density at radius 3 is 2.79 bits per heavy atom. The van der Waals surface area contributed by atoms with Crippen LogP contribution in [0.1, 0.15) is 10.4 Å². The standard InChI is InChI=1S/C13H16N2O4/c1-14(2)11(16)8-15-6-7-19-12-9(13(17)18)4-3-5-10(12)15/h3-5H,6-8H2,1-2H3,(H,17,18). The van der Waals surface area contributed by atoms with Gasteiger partial charge in [-0.3, -0.25) is 4.79 Å². The van der Waals surface area contributed by atoms with Gasteiger partial charge in [0.05, 0.1) is 18.8 Å². The number of fused-ring (bicyclic) bond motifs is 1. The van der Waals surface area contributed by atoms with Gasteiger partial charge in [0.15, 0.2) is 5.75 Å². The molecule has 1 N–H and O–H groups in total. The van der Waals surface area contributed by atoms with Crippen LogP contribution in [-0.2, 0) is 4.79 Å². The fourth-order valence-electron chi connectivity index (χ4n) is 1.94. The first-order valence-electron chi connectivity index (χ1n) is 5.95. The highest BCUT2D eigenvalue weighted by Gasteiger charge is 2.25. The summed E-state index contributed by atoms with van der Waals surface area (Å²) in [7, 11) is 3.38. The highest BCUT2D eigenvalue weighted by molar-refractivity contribution is 5.94. The molecule has 0 saturated carbocycles. The maximum Gasteiger partial charge on any atom is 0.339 e. The summed E-state index contributed by atoms with van der Waals surface area (Å²) >= 11 is 0. The summed E-state index contributed by atoms with van der Waals surface area (Å²) < 4.78 is 5.44. The summed E-state index contributed by atoms with van der Waals surface area (Å²) in [6, 6.07) is 4.92. The van der Waals surface area contributed by atoms with E-state index in [2.05, 4.69) is 0 Å². The molecule has 0 atom stereocenters. The Morgan fingerprint density at radius 1 is 1.42 bits per heavy atom. The van der Waals surface area contributed by atoms with Gasteiger partial charge in [-0.15, -0.1) is 0 Å². The maximum atomic E-state index is 11.8. The molecule has 0 bridgehead atoms. The second-order valence-electron chi connectivity index (χ2n) is 4.52. The molecule has 19 heavy (non-hydrogen) atoms. The molecule has 6 heteroatoms. The number of aromatic carboxylic acids is 1. The Balaban J connectivity index is 2.32. The number of anilines is 1. The third-order valence-corrected chi connectivity index (χ3v) is 3.00. The van der Waals surface area contributed by atoms with E-state index >= 15 is 0 Å². The first kappa shape index (κ1) is 13.2. The Bertz CT molecular complexity index is 513. The van der Waals surface area contributed by atoms with E-state index < -0.39 is 5.97 Å². The molecular weight excluding hydrogens is 248 g/mol. The van der Waals surface area contributed by atoms with Gasteiger partial charge in [-0.2, -0.15) is 0 Å². The highest BCUT2D eigenvalue weighted by atomic mass is 16.5. The molecule has 0 aromatic heterocycles. The zero-order valence-electron chi connectivity index (χ0n) is 10.9. The molecule has 1 amide bonds. The average Bonchev–Trinajstić information content (AvgIpc) is 2.38. The predicted molar refractivity (Wildman–Crippen MR) is 69.8 cm³/mol. The number of hydrogen-bond acceptors (Lipinski definition) is 4. The third-order valence-electron chi connectivity index (χ3n) is 3.00. The largest absolute Gasteiger partial charge is 0.489 e. The van der Waals surface area contributed by atoms with Crippen LogP contribution in [0.15, 0.2) is 18.2 Å². The van der Waals surface area contributed by atoms with Gasteiger partial charge in [0.1, 0.15) is 12.2 Å². The van der Waals surface area contributed by atoms with Crippen molar-refractivity contribution in [2.75, 3.05) is 38.7 Å². The molecule has 2 rings (SSSR count). The minimum Gasteiger partial charge on any atom is -0.489 e. The van der Waals surface area contributed by atoms with Crippen molar-refractivity contribution in [1.29, 1.82) is 0 Å². The van der Waals surface area contributed by atoms with Crippen molar-refractivity contribution < 1.29 is 19.4 Å². The van der Waals surface area contributed by atoms with E-state index in [0.717, 1.165) is 0 Å². The summed E-state index contributed by atoms with van der Waals surface area (Å²) in [5.74, 6) is -0.723. The minimum atomic E-state index is -1.03. The zero-order chi connectivity index (χ0) is 14.0. The molecule has 1 aliphatic rings. The first-order valence-corrected chi connectivity index (χ1v) is 5.95. The van der Waals surface area contributed by atoms with Gasteiger partial charge in [-0.05, 0) is 12.1 Å². The number of hydrogen-bond donors (Lipinski definition) is 1. The normalized spacial score (nSPS) is 13.5. The van der Waals surface area contributed by atoms with Crippen LogP contribution in [0.25, 0.3) is 0 Å². The topological polar surface area (TPSA) is 70.1 Å². The van der Waals surface area contributed by atoms with Crippen molar-refractivity contribution >= 4 is 17.6 Å². The average molecular weight is 264 g/mol. The van der Waals surface area contributed by atoms with Crippen molar-refractivity contribution in [3.05, 3.63) is 23.8 Å². The Labute approximate surface area is 111 Å². The van der Waals surface area contributed by atoms with Crippen LogP contribution in [-0.4, -0.2) is 55.7 Å². The van der Waals surface area contributed by atoms with E-state index in [1.807, 2.05) is 4.90 Å². The summed E-state index contributed by atoms with van der Waals surface area (Å²) in [5.41, 5.74) is 0.779. The van der Waals surface area contributed by atoms with Crippen molar-refractivity contribution in [1.82, 2.24) is 4.90 Å². The van der Waals surface area contributed by atoms with Crippen LogP contribution in [0.2, 0.25) is 0 Å². The summed E-state index contributed by atoms with van der Waals surface area (Å²) in [4.78, 5) is 26.3. The second kappa shape index (κ2) is 5.17. The number of para-hydroxylation sites is 1. The number of ether oxygens (including phenoxy) is 1. The molecule has 0 unspecified atom stereocenters. The van der Waals surface area contributed by atoms with E-state index in [1.165, 1.54) is 11.0 Å². The van der Waals surface area contributed by atoms with E-state index in [1.54, 1.807) is 26.2 Å². The van der Waals surface area contributed by atoms with Crippen LogP contribution in [0, 0.1) is 0 Å². The lowest BCUT2D eigenvalue weighted by Gasteiger charge is -2.32. The van der Waals surface area contributed by atoms with Crippen LogP contribution >= 0.6 is 0 Å². The number of amides is 1. The zero-order valence-corrected chi connectivity index (χ0v) is 10.9. The number of carboxylic acids is 1. The van der Waals surface area contributed by atoms with Gasteiger partial charge < -0.3 is 19.6 Å². The van der Waals surface area contributed by atoms with Crippen LogP contribution < -0.4 is 9.64 Å². The number of benzene rings is 1. The molecule has 1 aromatic rings. The first-order chi connectivity index (χ1) is 9.00. The van der Waals surface area contributed by atoms with Crippen molar-refractivity contribution in [3.8, 4) is 5.75 Å². The minimum absolute atomic E-state index is 0.0337. The number of carbonyl (C=O) groups is 2. The van der Waals surface area contributed by atoms with Gasteiger partial charge in [-0.25, -0.2) is 4.79 Å². The van der Waals surface area contributed by atoms with Crippen molar-refractivity contribution in [2.45, 2.75) is 0 Å². The summed E-state index contributed by atoms with van der Waals surface area (Å²) in [6.07, 6.45) is 0. The molecule has 6 nitrogen and oxygen atoms in total. The van der Waals surface area contributed by atoms with Gasteiger partial charge in [0, 0.05) is 14.1 Å². The molecule has 1 heterocycles. The number of carboxylic acid groups (broad SMARTS) is 1. The molecule has 0 radical (unpaired) electrons. The molecule has 1 aromatic carbocycles. The quantitative estimate of drug-likeness (QED) is 0.869. The Morgan fingerprint density at radius 2 is 2.16 bits per heavy atom. The molecule has 102 valence electrons. The van der Waals surface area contributed by atoms with E-state index in [0.29, 0.717) is 24.6 Å². The smallest absolute Gasteiger partial charge is 0.339 e. The maximum absolute atomic E-state index is 11.8. The molecule has 0 spiro atoms. The Kier molecular flexibility index (Phi) is 3.59. The monoisotopic (exact) mass is 264 g/mol. The number of carbonyl (C=O) groups excluding carboxylic acids is 1. The number of nitrogens with zero attached hydrogens (tertiary/aromatic N) is 2. The molecule has 0 aliphatic carbocycles. The van der Waals surface area contributed by atoms with Gasteiger partial charge >= 0.3 is 5.97 Å². The number of rotatable bonds is 3. The molecular formula is C13H16N2O4. The third kappa shape index (κ3) is 2.62. The molecule has 0 fully saturated rings. The lowest BCUT2D eigenvalue weighted by atomic mass is 10.1. The summed E-state index contributed by atoms with van der Waals surface area (Å²) in [6.45, 7) is 1.15. The van der Waals surface area contributed by atoms with Gasteiger partial charge in [0.25, 0.3) is 0 Å². The van der Waals surface area contributed by atoms with Gasteiger partial charge in [-0.1, -0.05) is 6.07 Å². The van der Waals surface area contributed by atoms with Crippen molar-refractivity contribution in [2.24, 2.45) is 0 Å². The van der Waals surface area contributed by atoms with Crippen LogP contribution in [0.3, 0.4) is 0 Å². The fraction of sp³-hybridized carbons (Fsp3) is 0.385. The van der Waals surface area contributed by atoms with Crippen LogP contribution in [0.5, 0.6) is 5.75 Å². The lowest BCUT2D eigenvalue weighted by molar-refractivity contribution is -0.127. The molecule has 0 saturated heterocycles. The van der Waals surface area contributed by atoms with E-state index in [9.17, 15) is 9.59 Å².